The Morgan fingerprint density at radius 1 is 1.15 bits per heavy atom. The van der Waals surface area contributed by atoms with E-state index in [0.29, 0.717) is 25.0 Å². The first-order valence-electron chi connectivity index (χ1n) is 6.57. The van der Waals surface area contributed by atoms with E-state index in [2.05, 4.69) is 15.0 Å². The highest BCUT2D eigenvalue weighted by molar-refractivity contribution is 7.91. The molecule has 0 bridgehead atoms. The third-order valence-electron chi connectivity index (χ3n) is 3.26. The van der Waals surface area contributed by atoms with Gasteiger partial charge in [-0.25, -0.2) is 8.42 Å². The fourth-order valence-electron chi connectivity index (χ4n) is 2.03. The van der Waals surface area contributed by atoms with Crippen molar-refractivity contribution in [3.8, 4) is 0 Å². The minimum atomic E-state index is -2.93. The number of hydrogen-bond acceptors (Lipinski definition) is 7. The van der Waals surface area contributed by atoms with Crippen molar-refractivity contribution in [3.63, 3.8) is 0 Å². The van der Waals surface area contributed by atoms with Crippen molar-refractivity contribution in [1.82, 2.24) is 15.0 Å². The van der Waals surface area contributed by atoms with Crippen LogP contribution in [0.25, 0.3) is 0 Å². The van der Waals surface area contributed by atoms with E-state index in [1.54, 1.807) is 0 Å². The molecule has 2 rings (SSSR count). The molecular weight excluding hydrogens is 302 g/mol. The van der Waals surface area contributed by atoms with Gasteiger partial charge in [-0.1, -0.05) is 0 Å². The van der Waals surface area contributed by atoms with E-state index < -0.39 is 9.84 Å². The molecule has 0 radical (unpaired) electrons. The van der Waals surface area contributed by atoms with Gasteiger partial charge in [0, 0.05) is 26.2 Å². The summed E-state index contributed by atoms with van der Waals surface area (Å²) in [4.78, 5) is 16.4. The highest BCUT2D eigenvalue weighted by atomic mass is 35.5. The maximum Gasteiger partial charge on any atom is 0.231 e. The SMILES string of the molecule is CCN(CC)c1nc(Cl)nc(N2CCS(=O)(=O)CC2)n1. The molecule has 9 heteroatoms. The van der Waals surface area contributed by atoms with Crippen LogP contribution in [0.2, 0.25) is 5.28 Å². The van der Waals surface area contributed by atoms with Gasteiger partial charge in [0.25, 0.3) is 0 Å². The van der Waals surface area contributed by atoms with Crippen molar-refractivity contribution in [2.75, 3.05) is 47.5 Å². The Bertz CT molecular complexity index is 562. The fourth-order valence-corrected chi connectivity index (χ4v) is 3.38. The molecular formula is C11H18ClN5O2S. The van der Waals surface area contributed by atoms with Gasteiger partial charge in [-0.2, -0.15) is 15.0 Å². The molecule has 0 aromatic carbocycles. The molecule has 1 saturated heterocycles. The molecule has 112 valence electrons. The van der Waals surface area contributed by atoms with Gasteiger partial charge in [0.05, 0.1) is 11.5 Å². The van der Waals surface area contributed by atoms with E-state index in [0.717, 1.165) is 13.1 Å². The first-order valence-corrected chi connectivity index (χ1v) is 8.77. The van der Waals surface area contributed by atoms with Crippen LogP contribution in [0.3, 0.4) is 0 Å². The van der Waals surface area contributed by atoms with Crippen LogP contribution in [0.4, 0.5) is 11.9 Å². The van der Waals surface area contributed by atoms with E-state index in [-0.39, 0.29) is 16.8 Å². The number of sulfone groups is 1. The summed E-state index contributed by atoms with van der Waals surface area (Å²) < 4.78 is 22.9. The van der Waals surface area contributed by atoms with Crippen LogP contribution in [0.1, 0.15) is 13.8 Å². The van der Waals surface area contributed by atoms with Gasteiger partial charge in [-0.15, -0.1) is 0 Å². The van der Waals surface area contributed by atoms with E-state index in [1.807, 2.05) is 23.6 Å². The van der Waals surface area contributed by atoms with Crippen LogP contribution in [-0.2, 0) is 9.84 Å². The lowest BCUT2D eigenvalue weighted by molar-refractivity contribution is 0.585. The summed E-state index contributed by atoms with van der Waals surface area (Å²) in [6, 6.07) is 0. The Labute approximate surface area is 123 Å². The summed E-state index contributed by atoms with van der Waals surface area (Å²) in [7, 11) is -2.93. The number of rotatable bonds is 4. The standard InChI is InChI=1S/C11H18ClN5O2S/c1-3-16(4-2)10-13-9(12)14-11(15-10)17-5-7-20(18,19)8-6-17/h3-8H2,1-2H3. The fraction of sp³-hybridized carbons (Fsp3) is 0.727. The molecule has 1 aromatic rings. The Morgan fingerprint density at radius 2 is 1.75 bits per heavy atom. The van der Waals surface area contributed by atoms with Gasteiger partial charge in [0.2, 0.25) is 17.2 Å². The molecule has 20 heavy (non-hydrogen) atoms. The van der Waals surface area contributed by atoms with Crippen molar-refractivity contribution in [3.05, 3.63) is 5.28 Å². The number of halogens is 1. The molecule has 0 aliphatic carbocycles. The van der Waals surface area contributed by atoms with Crippen LogP contribution >= 0.6 is 11.6 Å². The molecule has 1 fully saturated rings. The summed E-state index contributed by atoms with van der Waals surface area (Å²) in [5.41, 5.74) is 0. The third kappa shape index (κ3) is 3.49. The highest BCUT2D eigenvalue weighted by Crippen LogP contribution is 2.18. The lowest BCUT2D eigenvalue weighted by Crippen LogP contribution is -2.41. The second kappa shape index (κ2) is 6.09. The molecule has 1 aliphatic heterocycles. The first-order chi connectivity index (χ1) is 9.45. The quantitative estimate of drug-likeness (QED) is 0.804. The molecule has 1 aliphatic rings. The molecule has 0 spiro atoms. The van der Waals surface area contributed by atoms with Gasteiger partial charge < -0.3 is 9.80 Å². The molecule has 0 unspecified atom stereocenters. The number of anilines is 2. The lowest BCUT2D eigenvalue weighted by atomic mass is 10.5. The third-order valence-corrected chi connectivity index (χ3v) is 5.04. The second-order valence-corrected chi connectivity index (χ2v) is 7.16. The molecule has 0 saturated carbocycles. The summed E-state index contributed by atoms with van der Waals surface area (Å²) in [5, 5.41) is 0.130. The zero-order chi connectivity index (χ0) is 14.8. The van der Waals surface area contributed by atoms with Gasteiger partial charge in [0.1, 0.15) is 0 Å². The number of aromatic nitrogens is 3. The largest absolute Gasteiger partial charge is 0.341 e. The minimum absolute atomic E-state index is 0.122. The molecule has 0 atom stereocenters. The zero-order valence-electron chi connectivity index (χ0n) is 11.6. The van der Waals surface area contributed by atoms with E-state index in [4.69, 9.17) is 11.6 Å². The molecule has 1 aromatic heterocycles. The molecule has 2 heterocycles. The van der Waals surface area contributed by atoms with E-state index >= 15 is 0 Å². The van der Waals surface area contributed by atoms with Gasteiger partial charge >= 0.3 is 0 Å². The maximum atomic E-state index is 11.4. The van der Waals surface area contributed by atoms with Crippen molar-refractivity contribution in [2.45, 2.75) is 13.8 Å². The smallest absolute Gasteiger partial charge is 0.231 e. The predicted octanol–water partition coefficient (Wildman–Crippen LogP) is 0.606. The normalized spacial score (nSPS) is 18.1. The minimum Gasteiger partial charge on any atom is -0.341 e. The summed E-state index contributed by atoms with van der Waals surface area (Å²) in [6.45, 7) is 6.33. The molecule has 7 nitrogen and oxygen atoms in total. The van der Waals surface area contributed by atoms with Crippen LogP contribution in [0.15, 0.2) is 0 Å². The number of nitrogens with zero attached hydrogens (tertiary/aromatic N) is 5. The lowest BCUT2D eigenvalue weighted by Gasteiger charge is -2.27. The summed E-state index contributed by atoms with van der Waals surface area (Å²) >= 11 is 5.95. The van der Waals surface area contributed by atoms with Gasteiger partial charge in [-0.05, 0) is 25.4 Å². The molecule has 0 amide bonds. The Morgan fingerprint density at radius 3 is 2.30 bits per heavy atom. The van der Waals surface area contributed by atoms with Crippen molar-refractivity contribution in [2.24, 2.45) is 0 Å². The summed E-state index contributed by atoms with van der Waals surface area (Å²) in [5.74, 6) is 1.22. The second-order valence-electron chi connectivity index (χ2n) is 4.52. The van der Waals surface area contributed by atoms with Crippen molar-refractivity contribution >= 4 is 33.3 Å². The predicted molar refractivity (Wildman–Crippen MR) is 79.3 cm³/mol. The topological polar surface area (TPSA) is 79.3 Å². The Balaban J connectivity index is 2.24. The highest BCUT2D eigenvalue weighted by Gasteiger charge is 2.24. The average Bonchev–Trinajstić information content (AvgIpc) is 2.39. The first kappa shape index (κ1) is 15.2. The molecule has 0 N–H and O–H groups in total. The number of hydrogen-bond donors (Lipinski definition) is 0. The van der Waals surface area contributed by atoms with Gasteiger partial charge in [0.15, 0.2) is 9.84 Å². The average molecular weight is 320 g/mol. The van der Waals surface area contributed by atoms with Crippen LogP contribution in [0, 0.1) is 0 Å². The van der Waals surface area contributed by atoms with Crippen LogP contribution in [-0.4, -0.2) is 61.1 Å². The Kier molecular flexibility index (Phi) is 4.64. The summed E-state index contributed by atoms with van der Waals surface area (Å²) in [6.07, 6.45) is 0. The van der Waals surface area contributed by atoms with Crippen molar-refractivity contribution in [1.29, 1.82) is 0 Å². The monoisotopic (exact) mass is 319 g/mol. The van der Waals surface area contributed by atoms with E-state index in [1.165, 1.54) is 0 Å². The Hall–Kier alpha value is -1.15. The van der Waals surface area contributed by atoms with E-state index in [9.17, 15) is 8.42 Å². The zero-order valence-corrected chi connectivity index (χ0v) is 13.2. The van der Waals surface area contributed by atoms with Crippen LogP contribution < -0.4 is 9.80 Å². The van der Waals surface area contributed by atoms with Crippen LogP contribution in [0.5, 0.6) is 0 Å². The van der Waals surface area contributed by atoms with Crippen molar-refractivity contribution < 1.29 is 8.42 Å². The maximum absolute atomic E-state index is 11.4. The van der Waals surface area contributed by atoms with Gasteiger partial charge in [-0.3, -0.25) is 0 Å².